The zero-order valence-electron chi connectivity index (χ0n) is 20.5. The van der Waals surface area contributed by atoms with Crippen molar-refractivity contribution in [1.82, 2.24) is 20.4 Å². The Kier molecular flexibility index (Phi) is 10.4. The van der Waals surface area contributed by atoms with Crippen molar-refractivity contribution in [2.75, 3.05) is 45.2 Å². The molecule has 8 nitrogen and oxygen atoms in total. The minimum absolute atomic E-state index is 0.0189. The number of hydrogen-bond donors (Lipinski definition) is 3. The van der Waals surface area contributed by atoms with E-state index in [1.807, 2.05) is 34.3 Å². The quantitative estimate of drug-likeness (QED) is 0.387. The molecule has 1 heterocycles. The number of likely N-dealkylation sites (tertiary alicyclic amines) is 1. The van der Waals surface area contributed by atoms with Crippen LogP contribution >= 0.6 is 11.8 Å². The van der Waals surface area contributed by atoms with Crippen LogP contribution in [-0.2, 0) is 20.9 Å². The Labute approximate surface area is 211 Å². The lowest BCUT2D eigenvalue weighted by Crippen LogP contribution is -2.49. The van der Waals surface area contributed by atoms with Crippen LogP contribution in [0, 0.1) is 0 Å². The molecule has 0 unspecified atom stereocenters. The summed E-state index contributed by atoms with van der Waals surface area (Å²) in [5.74, 6) is -0.619. The standard InChI is InChI=1S/C26H36N4O4S/c1-27-15-25(32)30-13-6-10-21(30)17-29(18-24(31)28-23(26(33)34)12-14-35-2)16-20-9-5-8-19-7-3-4-11-22(19)20/h3-5,7-9,11,21,23,27H,6,10,12-18H2,1-2H3,(H,28,31)(H,33,34)/t21-,23-/m0/s1. The molecule has 0 spiro atoms. The van der Waals surface area contributed by atoms with Crippen molar-refractivity contribution in [2.45, 2.75) is 37.9 Å². The molecular formula is C26H36N4O4S. The lowest BCUT2D eigenvalue weighted by molar-refractivity contribution is -0.142. The van der Waals surface area contributed by atoms with Crippen molar-refractivity contribution < 1.29 is 19.5 Å². The first-order valence-electron chi connectivity index (χ1n) is 12.1. The number of likely N-dealkylation sites (N-methyl/N-ethyl adjacent to an activating group) is 1. The van der Waals surface area contributed by atoms with E-state index in [1.165, 1.54) is 0 Å². The lowest BCUT2D eigenvalue weighted by atomic mass is 10.0. The first-order chi connectivity index (χ1) is 16.9. The molecule has 3 N–H and O–H groups in total. The van der Waals surface area contributed by atoms with Crippen LogP contribution in [0.25, 0.3) is 10.8 Å². The number of thioether (sulfide) groups is 1. The Morgan fingerprint density at radius 1 is 1.20 bits per heavy atom. The predicted molar refractivity (Wildman–Crippen MR) is 140 cm³/mol. The molecule has 2 atom stereocenters. The summed E-state index contributed by atoms with van der Waals surface area (Å²) >= 11 is 1.55. The van der Waals surface area contributed by atoms with E-state index in [1.54, 1.807) is 18.8 Å². The van der Waals surface area contributed by atoms with Gasteiger partial charge in [0.1, 0.15) is 6.04 Å². The number of nitrogens with one attached hydrogen (secondary N) is 2. The zero-order chi connectivity index (χ0) is 25.2. The van der Waals surface area contributed by atoms with Gasteiger partial charge in [-0.1, -0.05) is 42.5 Å². The molecular weight excluding hydrogens is 464 g/mol. The molecule has 3 rings (SSSR count). The molecule has 0 bridgehead atoms. The van der Waals surface area contributed by atoms with Crippen molar-refractivity contribution in [3.05, 3.63) is 48.0 Å². The second-order valence-electron chi connectivity index (χ2n) is 8.96. The van der Waals surface area contributed by atoms with Gasteiger partial charge >= 0.3 is 5.97 Å². The second kappa shape index (κ2) is 13.5. The first kappa shape index (κ1) is 27.0. The van der Waals surface area contributed by atoms with Crippen molar-refractivity contribution in [3.63, 3.8) is 0 Å². The molecule has 1 aliphatic rings. The Balaban J connectivity index is 1.79. The van der Waals surface area contributed by atoms with E-state index in [2.05, 4.69) is 34.9 Å². The molecule has 2 aromatic carbocycles. The molecule has 0 aromatic heterocycles. The van der Waals surface area contributed by atoms with Crippen LogP contribution in [0.3, 0.4) is 0 Å². The zero-order valence-corrected chi connectivity index (χ0v) is 21.4. The minimum atomic E-state index is -1.02. The summed E-state index contributed by atoms with van der Waals surface area (Å²) in [5.41, 5.74) is 1.10. The summed E-state index contributed by atoms with van der Waals surface area (Å²) < 4.78 is 0. The number of aliphatic carboxylic acids is 1. The summed E-state index contributed by atoms with van der Waals surface area (Å²) in [6, 6.07) is 13.4. The fraction of sp³-hybridized carbons (Fsp3) is 0.500. The summed E-state index contributed by atoms with van der Waals surface area (Å²) in [6.45, 7) is 2.15. The summed E-state index contributed by atoms with van der Waals surface area (Å²) in [5, 5.41) is 17.4. The van der Waals surface area contributed by atoms with Crippen LogP contribution in [0.2, 0.25) is 0 Å². The van der Waals surface area contributed by atoms with Gasteiger partial charge in [0.2, 0.25) is 11.8 Å². The van der Waals surface area contributed by atoms with Crippen molar-refractivity contribution in [1.29, 1.82) is 0 Å². The van der Waals surface area contributed by atoms with Gasteiger partial charge < -0.3 is 20.6 Å². The van der Waals surface area contributed by atoms with Crippen LogP contribution in [0.15, 0.2) is 42.5 Å². The average Bonchev–Trinajstić information content (AvgIpc) is 3.30. The number of amides is 2. The van der Waals surface area contributed by atoms with E-state index in [-0.39, 0.29) is 30.9 Å². The number of benzene rings is 2. The van der Waals surface area contributed by atoms with Crippen molar-refractivity contribution >= 4 is 40.3 Å². The number of rotatable bonds is 13. The van der Waals surface area contributed by atoms with Crippen LogP contribution in [0.5, 0.6) is 0 Å². The molecule has 2 amide bonds. The SMILES string of the molecule is CNCC(=O)N1CCC[C@H]1CN(CC(=O)N[C@@H](CCSC)C(=O)O)Cc1cccc2ccccc12. The minimum Gasteiger partial charge on any atom is -0.480 e. The number of fused-ring (bicyclic) bond motifs is 1. The molecule has 35 heavy (non-hydrogen) atoms. The van der Waals surface area contributed by atoms with Gasteiger partial charge in [-0.05, 0) is 54.7 Å². The molecule has 190 valence electrons. The number of nitrogens with zero attached hydrogens (tertiary/aromatic N) is 2. The highest BCUT2D eigenvalue weighted by Gasteiger charge is 2.31. The maximum atomic E-state index is 13.0. The number of carbonyl (C=O) groups is 3. The first-order valence-corrected chi connectivity index (χ1v) is 13.5. The maximum absolute atomic E-state index is 13.0. The third-order valence-corrected chi connectivity index (χ3v) is 7.02. The van der Waals surface area contributed by atoms with Crippen molar-refractivity contribution in [3.8, 4) is 0 Å². The number of hydrogen-bond acceptors (Lipinski definition) is 6. The number of carboxylic acid groups (broad SMARTS) is 1. The summed E-state index contributed by atoms with van der Waals surface area (Å²) in [6.07, 6.45) is 4.11. The van der Waals surface area contributed by atoms with Gasteiger partial charge in [0.25, 0.3) is 0 Å². The number of carboxylic acids is 1. The second-order valence-corrected chi connectivity index (χ2v) is 9.95. The number of carbonyl (C=O) groups excluding carboxylic acids is 2. The van der Waals surface area contributed by atoms with Crippen LogP contribution < -0.4 is 10.6 Å². The van der Waals surface area contributed by atoms with E-state index in [0.29, 0.717) is 25.3 Å². The van der Waals surface area contributed by atoms with E-state index in [9.17, 15) is 19.5 Å². The van der Waals surface area contributed by atoms with Gasteiger partial charge in [0.15, 0.2) is 0 Å². The highest BCUT2D eigenvalue weighted by Crippen LogP contribution is 2.23. The third kappa shape index (κ3) is 7.68. The molecule has 9 heteroatoms. The lowest BCUT2D eigenvalue weighted by Gasteiger charge is -2.31. The van der Waals surface area contributed by atoms with Gasteiger partial charge in [0.05, 0.1) is 13.1 Å². The fourth-order valence-electron chi connectivity index (χ4n) is 4.70. The summed E-state index contributed by atoms with van der Waals surface area (Å²) in [7, 11) is 1.76. The van der Waals surface area contributed by atoms with E-state index in [4.69, 9.17) is 0 Å². The molecule has 1 saturated heterocycles. The fourth-order valence-corrected chi connectivity index (χ4v) is 5.17. The van der Waals surface area contributed by atoms with Crippen molar-refractivity contribution in [2.24, 2.45) is 0 Å². The highest BCUT2D eigenvalue weighted by atomic mass is 32.2. The van der Waals surface area contributed by atoms with Crippen LogP contribution in [-0.4, -0.2) is 90.0 Å². The van der Waals surface area contributed by atoms with E-state index >= 15 is 0 Å². The molecule has 0 saturated carbocycles. The molecule has 1 aliphatic heterocycles. The molecule has 0 aliphatic carbocycles. The van der Waals surface area contributed by atoms with Gasteiger partial charge in [-0.2, -0.15) is 11.8 Å². The maximum Gasteiger partial charge on any atom is 0.326 e. The largest absolute Gasteiger partial charge is 0.480 e. The average molecular weight is 501 g/mol. The van der Waals surface area contributed by atoms with Gasteiger partial charge in [0, 0.05) is 25.7 Å². The Hall–Kier alpha value is -2.62. The normalized spacial score (nSPS) is 16.5. The molecule has 0 radical (unpaired) electrons. The smallest absolute Gasteiger partial charge is 0.326 e. The van der Waals surface area contributed by atoms with Crippen LogP contribution in [0.1, 0.15) is 24.8 Å². The molecule has 1 fully saturated rings. The van der Waals surface area contributed by atoms with E-state index < -0.39 is 12.0 Å². The van der Waals surface area contributed by atoms with E-state index in [0.717, 1.165) is 35.7 Å². The monoisotopic (exact) mass is 500 g/mol. The van der Waals surface area contributed by atoms with Gasteiger partial charge in [-0.3, -0.25) is 14.5 Å². The van der Waals surface area contributed by atoms with Gasteiger partial charge in [-0.25, -0.2) is 4.79 Å². The molecule has 2 aromatic rings. The Bertz CT molecular complexity index is 1010. The Morgan fingerprint density at radius 2 is 1.97 bits per heavy atom. The predicted octanol–water partition coefficient (Wildman–Crippen LogP) is 2.17. The topological polar surface area (TPSA) is 102 Å². The highest BCUT2D eigenvalue weighted by molar-refractivity contribution is 7.98. The van der Waals surface area contributed by atoms with Crippen LogP contribution in [0.4, 0.5) is 0 Å². The summed E-state index contributed by atoms with van der Waals surface area (Å²) in [4.78, 5) is 41.2. The van der Waals surface area contributed by atoms with Gasteiger partial charge in [-0.15, -0.1) is 0 Å². The third-order valence-electron chi connectivity index (χ3n) is 6.38. The Morgan fingerprint density at radius 3 is 2.71 bits per heavy atom.